The van der Waals surface area contributed by atoms with E-state index < -0.39 is 67.7 Å². The highest BCUT2D eigenvalue weighted by atomic mass is 28.4. The summed E-state index contributed by atoms with van der Waals surface area (Å²) in [6.45, 7) is 0. The highest BCUT2D eigenvalue weighted by Crippen LogP contribution is 2.66. The molecule has 0 aromatic carbocycles. The van der Waals surface area contributed by atoms with Crippen LogP contribution in [-0.4, -0.2) is 124 Å². The molecule has 0 bridgehead atoms. The molecule has 0 saturated carbocycles. The molecule has 41 heavy (non-hydrogen) atoms. The summed E-state index contributed by atoms with van der Waals surface area (Å²) in [6, 6.07) is 0. The van der Waals surface area contributed by atoms with Crippen molar-refractivity contribution in [2.75, 3.05) is 42.3 Å². The first-order chi connectivity index (χ1) is 17.3. The molecule has 0 amide bonds. The minimum atomic E-state index is -9.18. The van der Waals surface area contributed by atoms with Crippen LogP contribution in [0, 0.1) is 0 Å². The Morgan fingerprint density at radius 1 is 0.293 bits per heavy atom. The molecule has 0 radical (unpaired) electrons. The molecule has 3 nitrogen and oxygen atoms in total. The lowest BCUT2D eigenvalue weighted by Gasteiger charge is -2.53. The van der Waals surface area contributed by atoms with E-state index in [4.69, 9.17) is 0 Å². The van der Waals surface area contributed by atoms with Crippen LogP contribution in [0.5, 0.6) is 0 Å². The summed E-state index contributed by atoms with van der Waals surface area (Å²) in [4.78, 5) is 0. The van der Waals surface area contributed by atoms with Crippen LogP contribution in [0.4, 0.5) is 92.2 Å². The van der Waals surface area contributed by atoms with Crippen LogP contribution in [0.2, 0.25) is 0 Å². The van der Waals surface area contributed by atoms with Gasteiger partial charge in [0.2, 0.25) is 0 Å². The fourth-order valence-corrected chi connectivity index (χ4v) is 8.47. The summed E-state index contributed by atoms with van der Waals surface area (Å²) in [5, 5.41) is 0. The minimum Gasteiger partial charge on any atom is -0.301 e. The van der Waals surface area contributed by atoms with Gasteiger partial charge in [-0.3, -0.25) is 0 Å². The summed E-state index contributed by atoms with van der Waals surface area (Å²) in [6.07, 6.45) is -8.01. The fraction of sp³-hybridized carbons (Fsp3) is 1.00. The molecule has 0 rings (SSSR count). The van der Waals surface area contributed by atoms with Crippen molar-refractivity contribution in [3.63, 3.8) is 0 Å². The molecule has 0 aliphatic heterocycles. The van der Waals surface area contributed by atoms with Gasteiger partial charge in [-0.2, -0.15) is 92.2 Å². The number of hydrogen-bond acceptors (Lipinski definition) is 3. The lowest BCUT2D eigenvalue weighted by atomic mass is 9.87. The average Bonchev–Trinajstić information content (AvgIpc) is 2.70. The Bertz CT molecular complexity index is 918. The van der Waals surface area contributed by atoms with Gasteiger partial charge in [0.1, 0.15) is 0 Å². The molecule has 0 spiro atoms. The van der Waals surface area contributed by atoms with E-state index in [0.29, 0.717) is 42.3 Å². The predicted octanol–water partition coefficient (Wildman–Crippen LogP) is 6.43. The van der Waals surface area contributed by atoms with Crippen LogP contribution in [0.25, 0.3) is 0 Å². The topological polar surface area (TPSA) is 9.72 Å². The number of halogens is 21. The molecule has 0 aromatic rings. The van der Waals surface area contributed by atoms with Crippen molar-refractivity contribution in [3.05, 3.63) is 0 Å². The molecule has 0 atom stereocenters. The molecular formula is C16H18F21N3Si. The van der Waals surface area contributed by atoms with Crippen LogP contribution in [0.1, 0.15) is 0 Å². The van der Waals surface area contributed by atoms with Gasteiger partial charge in [-0.15, -0.1) is 0 Å². The molecule has 0 saturated heterocycles. The molecule has 248 valence electrons. The molecule has 0 aliphatic rings. The number of hydrogen-bond donors (Lipinski definition) is 0. The van der Waals surface area contributed by atoms with Crippen molar-refractivity contribution >= 4 is 8.56 Å². The molecular weight excluding hydrogens is 661 g/mol. The van der Waals surface area contributed by atoms with Crippen molar-refractivity contribution < 1.29 is 92.2 Å². The Kier molecular flexibility index (Phi) is 9.75. The highest BCUT2D eigenvalue weighted by Gasteiger charge is 2.99. The quantitative estimate of drug-likeness (QED) is 0.174. The van der Waals surface area contributed by atoms with E-state index in [-0.39, 0.29) is 13.7 Å². The molecule has 25 heteroatoms. The van der Waals surface area contributed by atoms with E-state index in [2.05, 4.69) is 0 Å². The Hall–Kier alpha value is -1.37. The SMILES string of the molecule is CN(C)[Si](N(C)C)(N(C)C)C(F)(F)C(F)(F)C(F)(F)C(F)(F)C(F)(F)C(F)(F)C(F)(F)C(F)(F)C(F)(F)C(F)(F)F. The van der Waals surface area contributed by atoms with Crippen molar-refractivity contribution in [2.45, 2.75) is 59.1 Å². The van der Waals surface area contributed by atoms with Gasteiger partial charge in [-0.05, 0) is 42.3 Å². The second-order valence-electron chi connectivity index (χ2n) is 8.99. The van der Waals surface area contributed by atoms with Crippen LogP contribution < -0.4 is 0 Å². The van der Waals surface area contributed by atoms with Crippen LogP contribution in [-0.2, 0) is 0 Å². The second-order valence-corrected chi connectivity index (χ2v) is 13.6. The van der Waals surface area contributed by atoms with E-state index in [1.165, 1.54) is 0 Å². The first-order valence-electron chi connectivity index (χ1n) is 9.82. The zero-order chi connectivity index (χ0) is 34.2. The maximum atomic E-state index is 15.1. The first-order valence-corrected chi connectivity index (χ1v) is 11.7. The van der Waals surface area contributed by atoms with Gasteiger partial charge >= 0.3 is 67.7 Å². The van der Waals surface area contributed by atoms with E-state index in [1.54, 1.807) is 0 Å². The van der Waals surface area contributed by atoms with E-state index in [9.17, 15) is 83.4 Å². The summed E-state index contributed by atoms with van der Waals surface area (Å²) in [7, 11) is -3.46. The van der Waals surface area contributed by atoms with Gasteiger partial charge in [-0.25, -0.2) is 0 Å². The molecule has 0 N–H and O–H groups in total. The van der Waals surface area contributed by atoms with Gasteiger partial charge in [0.25, 0.3) is 0 Å². The van der Waals surface area contributed by atoms with Crippen LogP contribution in [0.15, 0.2) is 0 Å². The largest absolute Gasteiger partial charge is 0.460 e. The lowest BCUT2D eigenvalue weighted by Crippen LogP contribution is -2.86. The van der Waals surface area contributed by atoms with Gasteiger partial charge in [-0.1, -0.05) is 0 Å². The summed E-state index contributed by atoms with van der Waals surface area (Å²) >= 11 is 0. The van der Waals surface area contributed by atoms with E-state index in [1.807, 2.05) is 0 Å². The smallest absolute Gasteiger partial charge is 0.301 e. The zero-order valence-electron chi connectivity index (χ0n) is 20.8. The van der Waals surface area contributed by atoms with Gasteiger partial charge < -0.3 is 13.7 Å². The first kappa shape index (κ1) is 39.6. The third-order valence-electron chi connectivity index (χ3n) is 5.80. The van der Waals surface area contributed by atoms with Gasteiger partial charge in [0, 0.05) is 0 Å². The molecule has 0 aromatic heterocycles. The minimum absolute atomic E-state index is 0.00973. The van der Waals surface area contributed by atoms with Gasteiger partial charge in [0.15, 0.2) is 0 Å². The molecule has 0 aliphatic carbocycles. The van der Waals surface area contributed by atoms with E-state index >= 15 is 8.78 Å². The summed E-state index contributed by atoms with van der Waals surface area (Å²) in [5.74, 6) is -70.4. The Labute approximate surface area is 217 Å². The third-order valence-corrected chi connectivity index (χ3v) is 10.7. The number of nitrogens with zero attached hydrogens (tertiary/aromatic N) is 3. The summed E-state index contributed by atoms with van der Waals surface area (Å²) in [5.41, 5.74) is -6.73. The third kappa shape index (κ3) is 4.56. The van der Waals surface area contributed by atoms with Crippen molar-refractivity contribution in [3.8, 4) is 0 Å². The maximum absolute atomic E-state index is 15.1. The zero-order valence-corrected chi connectivity index (χ0v) is 21.8. The van der Waals surface area contributed by atoms with Crippen LogP contribution in [0.3, 0.4) is 0 Å². The lowest BCUT2D eigenvalue weighted by molar-refractivity contribution is -0.472. The number of alkyl halides is 21. The Morgan fingerprint density at radius 2 is 0.463 bits per heavy atom. The molecule has 0 heterocycles. The monoisotopic (exact) mass is 679 g/mol. The van der Waals surface area contributed by atoms with Crippen LogP contribution >= 0.6 is 0 Å². The highest BCUT2D eigenvalue weighted by molar-refractivity contribution is 6.74. The van der Waals surface area contributed by atoms with Crippen molar-refractivity contribution in [1.82, 2.24) is 13.7 Å². The predicted molar refractivity (Wildman–Crippen MR) is 97.4 cm³/mol. The van der Waals surface area contributed by atoms with E-state index in [0.717, 1.165) is 0 Å². The molecule has 0 fully saturated rings. The average molecular weight is 679 g/mol. The Morgan fingerprint density at radius 3 is 0.634 bits per heavy atom. The van der Waals surface area contributed by atoms with Crippen molar-refractivity contribution in [2.24, 2.45) is 0 Å². The van der Waals surface area contributed by atoms with Crippen molar-refractivity contribution in [1.29, 1.82) is 0 Å². The maximum Gasteiger partial charge on any atom is 0.460 e. The number of rotatable bonds is 12. The standard InChI is InChI=1S/C16H18F21N3Si/c1-38(2)41(39(3)4,40(5)6)16(36,37)14(31,32)12(27,28)10(23,24)8(19,20)7(17,18)9(21,22)11(25,26)13(29,30)15(33,34)35/h1-6H3. The fourth-order valence-electron chi connectivity index (χ4n) is 3.81. The normalized spacial score (nSPS) is 16.8. The Balaban J connectivity index is 7.54. The molecule has 0 unspecified atom stereocenters. The van der Waals surface area contributed by atoms with Gasteiger partial charge in [0.05, 0.1) is 0 Å². The summed E-state index contributed by atoms with van der Waals surface area (Å²) < 4.78 is 288. The second kappa shape index (κ2) is 10.1.